The molecule has 0 aliphatic heterocycles. The third-order valence-corrected chi connectivity index (χ3v) is 5.47. The van der Waals surface area contributed by atoms with Crippen molar-refractivity contribution in [3.63, 3.8) is 0 Å². The Morgan fingerprint density at radius 2 is 2.15 bits per heavy atom. The highest BCUT2D eigenvalue weighted by atomic mass is 79.9. The Morgan fingerprint density at radius 1 is 1.35 bits per heavy atom. The molecule has 2 aromatic rings. The van der Waals surface area contributed by atoms with Crippen molar-refractivity contribution in [3.8, 4) is 0 Å². The van der Waals surface area contributed by atoms with E-state index in [1.165, 1.54) is 16.0 Å². The third kappa shape index (κ3) is 3.13. The number of carbonyl (C=O) groups excluding carboxylic acids is 1. The zero-order chi connectivity index (χ0) is 13.9. The first-order chi connectivity index (χ1) is 9.72. The summed E-state index contributed by atoms with van der Waals surface area (Å²) in [6, 6.07) is 10.5. The number of nitrogens with one attached hydrogen (secondary N) is 1. The molecule has 1 amide bonds. The van der Waals surface area contributed by atoms with Gasteiger partial charge in [0.25, 0.3) is 0 Å². The molecule has 0 saturated heterocycles. The lowest BCUT2D eigenvalue weighted by Crippen LogP contribution is -2.33. The number of carbonyl (C=O) groups is 1. The van der Waals surface area contributed by atoms with E-state index >= 15 is 0 Å². The second-order valence-corrected chi connectivity index (χ2v) is 7.07. The number of hydrogen-bond donors (Lipinski definition) is 1. The van der Waals surface area contributed by atoms with Crippen LogP contribution in [0.2, 0.25) is 0 Å². The zero-order valence-corrected chi connectivity index (χ0v) is 13.5. The summed E-state index contributed by atoms with van der Waals surface area (Å²) in [5, 5.41) is 5.10. The van der Waals surface area contributed by atoms with E-state index in [4.69, 9.17) is 0 Å². The van der Waals surface area contributed by atoms with E-state index in [2.05, 4.69) is 51.6 Å². The number of aryl methyl sites for hydroxylation is 1. The number of amides is 1. The minimum Gasteiger partial charge on any atom is -0.351 e. The van der Waals surface area contributed by atoms with Crippen molar-refractivity contribution in [3.05, 3.63) is 56.2 Å². The average Bonchev–Trinajstić information content (AvgIpc) is 2.90. The molecular weight excluding hydrogens is 334 g/mol. The largest absolute Gasteiger partial charge is 0.351 e. The first kappa shape index (κ1) is 13.8. The van der Waals surface area contributed by atoms with Crippen LogP contribution in [0.15, 0.2) is 40.2 Å². The van der Waals surface area contributed by atoms with Gasteiger partial charge in [-0.25, -0.2) is 0 Å². The molecule has 1 aliphatic carbocycles. The smallest absolute Gasteiger partial charge is 0.223 e. The fraction of sp³-hybridized carbons (Fsp3) is 0.312. The summed E-state index contributed by atoms with van der Waals surface area (Å²) in [5.74, 6) is 0.303. The lowest BCUT2D eigenvalue weighted by atomic mass is 9.83. The molecule has 3 rings (SSSR count). The monoisotopic (exact) mass is 349 g/mol. The van der Waals surface area contributed by atoms with Gasteiger partial charge in [-0.1, -0.05) is 24.3 Å². The van der Waals surface area contributed by atoms with Gasteiger partial charge < -0.3 is 5.32 Å². The fourth-order valence-corrected chi connectivity index (χ4v) is 4.08. The van der Waals surface area contributed by atoms with Gasteiger partial charge in [0.05, 0.1) is 6.54 Å². The molecule has 1 N–H and O–H groups in total. The van der Waals surface area contributed by atoms with Gasteiger partial charge in [-0.15, -0.1) is 11.3 Å². The molecule has 1 aromatic carbocycles. The maximum absolute atomic E-state index is 12.3. The highest BCUT2D eigenvalue weighted by Crippen LogP contribution is 2.26. The maximum Gasteiger partial charge on any atom is 0.223 e. The predicted molar refractivity (Wildman–Crippen MR) is 85.8 cm³/mol. The molecule has 0 bridgehead atoms. The Bertz CT molecular complexity index is 622. The van der Waals surface area contributed by atoms with Gasteiger partial charge in [0.15, 0.2) is 0 Å². The summed E-state index contributed by atoms with van der Waals surface area (Å²) in [6.45, 7) is 0.632. The van der Waals surface area contributed by atoms with Gasteiger partial charge >= 0.3 is 0 Å². The number of benzene rings is 1. The van der Waals surface area contributed by atoms with Crippen molar-refractivity contribution in [2.75, 3.05) is 0 Å². The SMILES string of the molecule is O=C(NCc1cc(Br)cs1)C1CCc2ccccc2C1. The lowest BCUT2D eigenvalue weighted by Gasteiger charge is -2.23. The molecule has 0 saturated carbocycles. The minimum absolute atomic E-state index is 0.119. The van der Waals surface area contributed by atoms with Crippen LogP contribution < -0.4 is 5.32 Å². The summed E-state index contributed by atoms with van der Waals surface area (Å²) in [7, 11) is 0. The third-order valence-electron chi connectivity index (χ3n) is 3.78. The van der Waals surface area contributed by atoms with Crippen LogP contribution in [0.4, 0.5) is 0 Å². The molecule has 2 nitrogen and oxygen atoms in total. The van der Waals surface area contributed by atoms with Crippen LogP contribution in [0.25, 0.3) is 0 Å². The van der Waals surface area contributed by atoms with Gasteiger partial charge in [-0.05, 0) is 52.4 Å². The van der Waals surface area contributed by atoms with E-state index in [0.717, 1.165) is 23.7 Å². The number of rotatable bonds is 3. The molecule has 1 aromatic heterocycles. The van der Waals surface area contributed by atoms with E-state index in [-0.39, 0.29) is 11.8 Å². The predicted octanol–water partition coefficient (Wildman–Crippen LogP) is 3.93. The van der Waals surface area contributed by atoms with Gasteiger partial charge in [0, 0.05) is 20.6 Å². The summed E-state index contributed by atoms with van der Waals surface area (Å²) in [5.41, 5.74) is 2.73. The molecule has 1 aliphatic rings. The van der Waals surface area contributed by atoms with Crippen LogP contribution >= 0.6 is 27.3 Å². The summed E-state index contributed by atoms with van der Waals surface area (Å²) < 4.78 is 1.08. The number of hydrogen-bond acceptors (Lipinski definition) is 2. The van der Waals surface area contributed by atoms with Crippen molar-refractivity contribution in [1.82, 2.24) is 5.32 Å². The molecule has 1 unspecified atom stereocenters. The van der Waals surface area contributed by atoms with Gasteiger partial charge in [-0.3, -0.25) is 4.79 Å². The van der Waals surface area contributed by atoms with Gasteiger partial charge in [0.1, 0.15) is 0 Å². The lowest BCUT2D eigenvalue weighted by molar-refractivity contribution is -0.125. The van der Waals surface area contributed by atoms with Crippen molar-refractivity contribution in [1.29, 1.82) is 0 Å². The van der Waals surface area contributed by atoms with Gasteiger partial charge in [0.2, 0.25) is 5.91 Å². The normalized spacial score (nSPS) is 17.6. The highest BCUT2D eigenvalue weighted by molar-refractivity contribution is 9.10. The molecular formula is C16H16BrNOS. The Morgan fingerprint density at radius 3 is 2.90 bits per heavy atom. The quantitative estimate of drug-likeness (QED) is 0.893. The second-order valence-electron chi connectivity index (χ2n) is 5.16. The average molecular weight is 350 g/mol. The van der Waals surface area contributed by atoms with Crippen molar-refractivity contribution in [2.24, 2.45) is 5.92 Å². The maximum atomic E-state index is 12.3. The standard InChI is InChI=1S/C16H16BrNOS/c17-14-8-15(20-10-14)9-18-16(19)13-6-5-11-3-1-2-4-12(11)7-13/h1-4,8,10,13H,5-7,9H2,(H,18,19). The number of fused-ring (bicyclic) bond motifs is 1. The summed E-state index contributed by atoms with van der Waals surface area (Å²) >= 11 is 5.10. The highest BCUT2D eigenvalue weighted by Gasteiger charge is 2.24. The second kappa shape index (κ2) is 6.10. The summed E-state index contributed by atoms with van der Waals surface area (Å²) in [4.78, 5) is 13.5. The molecule has 20 heavy (non-hydrogen) atoms. The Labute approximate surface area is 131 Å². The molecule has 1 atom stereocenters. The van der Waals surface area contributed by atoms with Crippen LogP contribution in [0, 0.1) is 5.92 Å². The van der Waals surface area contributed by atoms with E-state index in [9.17, 15) is 4.79 Å². The summed E-state index contributed by atoms with van der Waals surface area (Å²) in [6.07, 6.45) is 2.84. The molecule has 0 spiro atoms. The number of halogens is 1. The molecule has 4 heteroatoms. The number of thiophene rings is 1. The molecule has 1 heterocycles. The minimum atomic E-state index is 0.119. The molecule has 0 radical (unpaired) electrons. The first-order valence-corrected chi connectivity index (χ1v) is 8.47. The van der Waals surface area contributed by atoms with E-state index in [1.807, 2.05) is 5.38 Å². The van der Waals surface area contributed by atoms with E-state index in [1.54, 1.807) is 11.3 Å². The van der Waals surface area contributed by atoms with Crippen molar-refractivity contribution in [2.45, 2.75) is 25.8 Å². The van der Waals surface area contributed by atoms with Crippen LogP contribution in [0.1, 0.15) is 22.4 Å². The molecule has 0 fully saturated rings. The van der Waals surface area contributed by atoms with Crippen molar-refractivity contribution >= 4 is 33.2 Å². The van der Waals surface area contributed by atoms with Crippen LogP contribution in [0.5, 0.6) is 0 Å². The van der Waals surface area contributed by atoms with E-state index in [0.29, 0.717) is 6.54 Å². The van der Waals surface area contributed by atoms with Gasteiger partial charge in [-0.2, -0.15) is 0 Å². The zero-order valence-electron chi connectivity index (χ0n) is 11.1. The van der Waals surface area contributed by atoms with E-state index < -0.39 is 0 Å². The Kier molecular flexibility index (Phi) is 4.22. The van der Waals surface area contributed by atoms with Crippen molar-refractivity contribution < 1.29 is 4.79 Å². The Hall–Kier alpha value is -1.13. The fourth-order valence-electron chi connectivity index (χ4n) is 2.69. The van der Waals surface area contributed by atoms with Crippen LogP contribution in [0.3, 0.4) is 0 Å². The van der Waals surface area contributed by atoms with Crippen LogP contribution in [-0.2, 0) is 24.2 Å². The topological polar surface area (TPSA) is 29.1 Å². The Balaban J connectivity index is 1.59. The first-order valence-electron chi connectivity index (χ1n) is 6.80. The molecule has 104 valence electrons. The van der Waals surface area contributed by atoms with Crippen LogP contribution in [-0.4, -0.2) is 5.91 Å².